The normalized spacial score (nSPS) is 13.3. The quantitative estimate of drug-likeness (QED) is 0.778. The molecule has 1 atom stereocenters. The monoisotopic (exact) mass is 227 g/mol. The van der Waals surface area contributed by atoms with Crippen LogP contribution in [0, 0.1) is 5.92 Å². The minimum absolute atomic E-state index is 0.388. The number of nitrogens with one attached hydrogen (secondary N) is 1. The fourth-order valence-corrected chi connectivity index (χ4v) is 2.34. The summed E-state index contributed by atoms with van der Waals surface area (Å²) in [6, 6.07) is 0.388. The van der Waals surface area contributed by atoms with E-state index in [4.69, 9.17) is 0 Å². The maximum atomic E-state index is 4.16. The zero-order valence-electron chi connectivity index (χ0n) is 9.86. The van der Waals surface area contributed by atoms with Crippen LogP contribution in [0.2, 0.25) is 0 Å². The van der Waals surface area contributed by atoms with E-state index in [2.05, 4.69) is 41.1 Å². The lowest BCUT2D eigenvalue weighted by Gasteiger charge is -2.20. The van der Waals surface area contributed by atoms with Crippen molar-refractivity contribution in [1.82, 2.24) is 14.9 Å². The van der Waals surface area contributed by atoms with Gasteiger partial charge in [-0.1, -0.05) is 38.1 Å². The molecule has 0 saturated heterocycles. The summed E-state index contributed by atoms with van der Waals surface area (Å²) >= 11 is 1.43. The van der Waals surface area contributed by atoms with Crippen LogP contribution in [0.1, 0.15) is 51.8 Å². The first kappa shape index (κ1) is 12.6. The Kier molecular flexibility index (Phi) is 5.79. The van der Waals surface area contributed by atoms with Crippen LogP contribution < -0.4 is 5.32 Å². The van der Waals surface area contributed by atoms with E-state index in [0.717, 1.165) is 18.2 Å². The first-order valence-corrected chi connectivity index (χ1v) is 6.65. The zero-order chi connectivity index (χ0) is 11.1. The third-order valence-electron chi connectivity index (χ3n) is 2.91. The lowest BCUT2D eigenvalue weighted by Crippen LogP contribution is -2.23. The molecule has 0 aliphatic heterocycles. The van der Waals surface area contributed by atoms with E-state index in [1.807, 2.05) is 0 Å². The molecule has 0 spiro atoms. The zero-order valence-corrected chi connectivity index (χ0v) is 10.7. The molecule has 15 heavy (non-hydrogen) atoms. The largest absolute Gasteiger partial charge is 0.309 e. The van der Waals surface area contributed by atoms with Crippen molar-refractivity contribution in [2.24, 2.45) is 5.92 Å². The number of hydrogen-bond acceptors (Lipinski definition) is 4. The minimum Gasteiger partial charge on any atom is -0.309 e. The second-order valence-electron chi connectivity index (χ2n) is 3.86. The van der Waals surface area contributed by atoms with Gasteiger partial charge in [0.25, 0.3) is 0 Å². The van der Waals surface area contributed by atoms with Crippen molar-refractivity contribution in [2.75, 3.05) is 6.54 Å². The summed E-state index contributed by atoms with van der Waals surface area (Å²) in [5.41, 5.74) is 1.11. The number of rotatable bonds is 7. The Labute approximate surface area is 96.5 Å². The number of nitrogens with zero attached hydrogens (tertiary/aromatic N) is 2. The van der Waals surface area contributed by atoms with Gasteiger partial charge < -0.3 is 5.32 Å². The highest BCUT2D eigenvalue weighted by molar-refractivity contribution is 7.03. The third kappa shape index (κ3) is 3.87. The molecule has 1 N–H and O–H groups in total. The molecule has 1 heterocycles. The van der Waals surface area contributed by atoms with E-state index in [9.17, 15) is 0 Å². The van der Waals surface area contributed by atoms with Crippen molar-refractivity contribution in [3.63, 3.8) is 0 Å². The van der Waals surface area contributed by atoms with Crippen LogP contribution in [-0.2, 0) is 0 Å². The van der Waals surface area contributed by atoms with Crippen LogP contribution in [0.5, 0.6) is 0 Å². The Bertz CT molecular complexity index is 244. The van der Waals surface area contributed by atoms with Gasteiger partial charge in [0.1, 0.15) is 0 Å². The average molecular weight is 227 g/mol. The van der Waals surface area contributed by atoms with Crippen LogP contribution in [0.15, 0.2) is 5.38 Å². The maximum Gasteiger partial charge on any atom is 0.0924 e. The van der Waals surface area contributed by atoms with E-state index in [-0.39, 0.29) is 0 Å². The standard InChI is InChI=1S/C11H21N3S/c1-4-9(5-2)7-10(12-6-3)11-8-15-14-13-11/h8-10,12H,4-7H2,1-3H3. The smallest absolute Gasteiger partial charge is 0.0924 e. The molecular weight excluding hydrogens is 206 g/mol. The van der Waals surface area contributed by atoms with Gasteiger partial charge >= 0.3 is 0 Å². The second-order valence-corrected chi connectivity index (χ2v) is 4.47. The molecule has 0 aromatic carbocycles. The fraction of sp³-hybridized carbons (Fsp3) is 0.818. The number of hydrogen-bond donors (Lipinski definition) is 1. The molecule has 0 saturated carbocycles. The molecule has 3 nitrogen and oxygen atoms in total. The Morgan fingerprint density at radius 2 is 2.07 bits per heavy atom. The minimum atomic E-state index is 0.388. The molecule has 1 unspecified atom stereocenters. The Morgan fingerprint density at radius 3 is 2.53 bits per heavy atom. The SMILES string of the molecule is CCNC(CC(CC)CC)c1csnn1. The lowest BCUT2D eigenvalue weighted by molar-refractivity contribution is 0.370. The molecule has 0 bridgehead atoms. The maximum absolute atomic E-state index is 4.16. The highest BCUT2D eigenvalue weighted by Crippen LogP contribution is 2.24. The van der Waals surface area contributed by atoms with E-state index in [0.29, 0.717) is 6.04 Å². The molecule has 0 aliphatic carbocycles. The van der Waals surface area contributed by atoms with Crippen molar-refractivity contribution in [2.45, 2.75) is 46.1 Å². The summed E-state index contributed by atoms with van der Waals surface area (Å²) < 4.78 is 3.94. The summed E-state index contributed by atoms with van der Waals surface area (Å²) in [6.07, 6.45) is 3.66. The molecular formula is C11H21N3S. The van der Waals surface area contributed by atoms with Crippen LogP contribution in [0.4, 0.5) is 0 Å². The molecule has 1 aromatic rings. The van der Waals surface area contributed by atoms with Crippen LogP contribution >= 0.6 is 11.5 Å². The molecule has 86 valence electrons. The molecule has 4 heteroatoms. The fourth-order valence-electron chi connectivity index (χ4n) is 1.83. The predicted octanol–water partition coefficient (Wildman–Crippen LogP) is 3.02. The molecule has 0 radical (unpaired) electrons. The summed E-state index contributed by atoms with van der Waals surface area (Å²) in [7, 11) is 0. The Hall–Kier alpha value is -0.480. The summed E-state index contributed by atoms with van der Waals surface area (Å²) in [5.74, 6) is 0.788. The third-order valence-corrected chi connectivity index (χ3v) is 3.43. The molecule has 1 rings (SSSR count). The van der Waals surface area contributed by atoms with Crippen molar-refractivity contribution in [1.29, 1.82) is 0 Å². The summed E-state index contributed by atoms with van der Waals surface area (Å²) in [5, 5.41) is 9.70. The van der Waals surface area contributed by atoms with Gasteiger partial charge in [0.05, 0.1) is 11.7 Å². The highest BCUT2D eigenvalue weighted by atomic mass is 32.1. The first-order valence-electron chi connectivity index (χ1n) is 5.82. The van der Waals surface area contributed by atoms with Crippen LogP contribution in [0.25, 0.3) is 0 Å². The van der Waals surface area contributed by atoms with Crippen LogP contribution in [0.3, 0.4) is 0 Å². The predicted molar refractivity (Wildman–Crippen MR) is 65.0 cm³/mol. The first-order chi connectivity index (χ1) is 7.31. The average Bonchev–Trinajstić information content (AvgIpc) is 2.77. The second kappa shape index (κ2) is 6.90. The van der Waals surface area contributed by atoms with Gasteiger partial charge in [-0.25, -0.2) is 0 Å². The van der Waals surface area contributed by atoms with E-state index < -0.39 is 0 Å². The molecule has 1 aromatic heterocycles. The topological polar surface area (TPSA) is 37.8 Å². The van der Waals surface area contributed by atoms with Gasteiger partial charge in [0, 0.05) is 5.38 Å². The lowest BCUT2D eigenvalue weighted by atomic mass is 9.93. The number of aromatic nitrogens is 2. The Balaban J connectivity index is 2.58. The molecule has 0 aliphatic rings. The van der Waals surface area contributed by atoms with Crippen LogP contribution in [-0.4, -0.2) is 16.1 Å². The van der Waals surface area contributed by atoms with Crippen molar-refractivity contribution in [3.8, 4) is 0 Å². The molecule has 0 amide bonds. The van der Waals surface area contributed by atoms with Gasteiger partial charge in [-0.3, -0.25) is 0 Å². The van der Waals surface area contributed by atoms with Gasteiger partial charge in [0.2, 0.25) is 0 Å². The van der Waals surface area contributed by atoms with Crippen molar-refractivity contribution >= 4 is 11.5 Å². The van der Waals surface area contributed by atoms with E-state index in [1.54, 1.807) is 0 Å². The van der Waals surface area contributed by atoms with Gasteiger partial charge in [-0.15, -0.1) is 5.10 Å². The van der Waals surface area contributed by atoms with Gasteiger partial charge in [-0.05, 0) is 30.4 Å². The van der Waals surface area contributed by atoms with Gasteiger partial charge in [0.15, 0.2) is 0 Å². The van der Waals surface area contributed by atoms with Crippen molar-refractivity contribution in [3.05, 3.63) is 11.1 Å². The van der Waals surface area contributed by atoms with E-state index >= 15 is 0 Å². The summed E-state index contributed by atoms with van der Waals surface area (Å²) in [4.78, 5) is 0. The van der Waals surface area contributed by atoms with Crippen molar-refractivity contribution < 1.29 is 0 Å². The van der Waals surface area contributed by atoms with Gasteiger partial charge in [-0.2, -0.15) is 0 Å². The molecule has 0 fully saturated rings. The van der Waals surface area contributed by atoms with E-state index in [1.165, 1.54) is 30.8 Å². The summed E-state index contributed by atoms with van der Waals surface area (Å²) in [6.45, 7) is 7.65. The Morgan fingerprint density at radius 1 is 1.33 bits per heavy atom. The highest BCUT2D eigenvalue weighted by Gasteiger charge is 2.17.